The number of benzene rings is 1. The second-order valence-electron chi connectivity index (χ2n) is 6.51. The van der Waals surface area contributed by atoms with E-state index in [1.54, 1.807) is 12.1 Å². The molecule has 6 heteroatoms. The van der Waals surface area contributed by atoms with Gasteiger partial charge in [0.1, 0.15) is 12.4 Å². The summed E-state index contributed by atoms with van der Waals surface area (Å²) < 4.78 is 12.9. The summed E-state index contributed by atoms with van der Waals surface area (Å²) in [6.45, 7) is 2.17. The van der Waals surface area contributed by atoms with Gasteiger partial charge in [-0.2, -0.15) is 0 Å². The van der Waals surface area contributed by atoms with Crippen molar-refractivity contribution in [2.24, 2.45) is 11.8 Å². The summed E-state index contributed by atoms with van der Waals surface area (Å²) in [4.78, 5) is 13.8. The van der Waals surface area contributed by atoms with Gasteiger partial charge in [0.05, 0.1) is 0 Å². The number of hydrogen-bond acceptors (Lipinski definition) is 3. The van der Waals surface area contributed by atoms with Crippen molar-refractivity contribution >= 4 is 24.4 Å². The summed E-state index contributed by atoms with van der Waals surface area (Å²) >= 11 is 0. The number of amides is 1. The zero-order chi connectivity index (χ0) is 16.2. The average molecular weight is 355 g/mol. The molecule has 132 valence electrons. The molecule has 24 heavy (non-hydrogen) atoms. The van der Waals surface area contributed by atoms with Crippen molar-refractivity contribution in [2.45, 2.75) is 18.9 Å². The summed E-state index contributed by atoms with van der Waals surface area (Å²) in [6.07, 6.45) is 6.56. The van der Waals surface area contributed by atoms with Crippen molar-refractivity contribution in [3.63, 3.8) is 0 Å². The van der Waals surface area contributed by atoms with Gasteiger partial charge in [0.25, 0.3) is 0 Å². The molecule has 1 aliphatic heterocycles. The van der Waals surface area contributed by atoms with Crippen molar-refractivity contribution in [2.75, 3.05) is 26.2 Å². The van der Waals surface area contributed by atoms with Crippen LogP contribution in [0.4, 0.5) is 4.39 Å². The Morgan fingerprint density at radius 1 is 1.29 bits per heavy atom. The van der Waals surface area contributed by atoms with Crippen LogP contribution in [0.3, 0.4) is 0 Å². The molecule has 0 radical (unpaired) electrons. The molecule has 1 saturated heterocycles. The van der Waals surface area contributed by atoms with Crippen molar-refractivity contribution < 1.29 is 14.3 Å². The molecule has 2 atom stereocenters. The summed E-state index contributed by atoms with van der Waals surface area (Å²) in [6, 6.07) is 6.57. The highest BCUT2D eigenvalue weighted by molar-refractivity contribution is 5.85. The Bertz CT molecular complexity index is 575. The number of aliphatic hydroxyl groups excluding tert-OH is 1. The molecule has 2 N–H and O–H groups in total. The van der Waals surface area contributed by atoms with Crippen LogP contribution >= 0.6 is 12.4 Å². The van der Waals surface area contributed by atoms with E-state index in [1.165, 1.54) is 25.0 Å². The molecule has 3 rings (SSSR count). The molecule has 1 aromatic rings. The Balaban J connectivity index is 0.00000208. The maximum atomic E-state index is 12.9. The summed E-state index contributed by atoms with van der Waals surface area (Å²) in [7, 11) is 0. The number of nitrogens with zero attached hydrogens (tertiary/aromatic N) is 1. The zero-order valence-corrected chi connectivity index (χ0v) is 14.3. The van der Waals surface area contributed by atoms with Crippen molar-refractivity contribution in [3.8, 4) is 0 Å². The average Bonchev–Trinajstić information content (AvgIpc) is 3.32. The normalized spacial score (nSPS) is 24.1. The van der Waals surface area contributed by atoms with Crippen LogP contribution in [0, 0.1) is 17.7 Å². The fourth-order valence-corrected chi connectivity index (χ4v) is 3.38. The van der Waals surface area contributed by atoms with Gasteiger partial charge in [0, 0.05) is 25.7 Å². The maximum Gasteiger partial charge on any atom is 0.245 e. The number of rotatable bonds is 6. The molecule has 1 aliphatic carbocycles. The molecule has 0 unspecified atom stereocenters. The first-order valence-electron chi connectivity index (χ1n) is 8.20. The first-order chi connectivity index (χ1) is 11.2. The lowest BCUT2D eigenvalue weighted by Crippen LogP contribution is -2.42. The molecule has 2 aliphatic rings. The zero-order valence-electron chi connectivity index (χ0n) is 13.5. The molecular weight excluding hydrogens is 331 g/mol. The van der Waals surface area contributed by atoms with E-state index >= 15 is 0 Å². The number of hydrogen-bond donors (Lipinski definition) is 2. The van der Waals surface area contributed by atoms with Gasteiger partial charge in [-0.15, -0.1) is 12.4 Å². The smallest absolute Gasteiger partial charge is 0.245 e. The van der Waals surface area contributed by atoms with Crippen LogP contribution in [-0.2, 0) is 4.79 Å². The fraction of sp³-hybridized carbons (Fsp3) is 0.500. The third kappa shape index (κ3) is 5.03. The molecule has 1 heterocycles. The monoisotopic (exact) mass is 354 g/mol. The van der Waals surface area contributed by atoms with E-state index in [1.807, 2.05) is 6.08 Å². The molecular formula is C18H24ClFN2O2. The molecule has 2 fully saturated rings. The molecule has 1 amide bonds. The molecule has 1 saturated carbocycles. The Morgan fingerprint density at radius 2 is 2.00 bits per heavy atom. The number of likely N-dealkylation sites (tertiary alicyclic amines) is 1. The van der Waals surface area contributed by atoms with Crippen molar-refractivity contribution in [1.82, 2.24) is 10.2 Å². The summed E-state index contributed by atoms with van der Waals surface area (Å²) in [5, 5.41) is 11.9. The van der Waals surface area contributed by atoms with Gasteiger partial charge in [-0.1, -0.05) is 24.3 Å². The number of halogens is 2. The minimum Gasteiger partial charge on any atom is -0.387 e. The largest absolute Gasteiger partial charge is 0.387 e. The molecule has 0 bridgehead atoms. The summed E-state index contributed by atoms with van der Waals surface area (Å²) in [5.74, 6) is 0.690. The van der Waals surface area contributed by atoms with Crippen LogP contribution in [-0.4, -0.2) is 48.2 Å². The third-order valence-electron chi connectivity index (χ3n) is 4.70. The lowest BCUT2D eigenvalue weighted by Gasteiger charge is -2.18. The maximum absolute atomic E-state index is 12.9. The third-order valence-corrected chi connectivity index (χ3v) is 4.70. The summed E-state index contributed by atoms with van der Waals surface area (Å²) in [5.41, 5.74) is 0.981. The van der Waals surface area contributed by atoms with Crippen molar-refractivity contribution in [3.05, 3.63) is 41.7 Å². The Hall–Kier alpha value is -1.43. The first-order valence-corrected chi connectivity index (χ1v) is 8.20. The molecule has 4 nitrogen and oxygen atoms in total. The Labute approximate surface area is 148 Å². The fourth-order valence-electron chi connectivity index (χ4n) is 3.38. The predicted molar refractivity (Wildman–Crippen MR) is 94.4 cm³/mol. The van der Waals surface area contributed by atoms with Gasteiger partial charge in [0.2, 0.25) is 5.91 Å². The van der Waals surface area contributed by atoms with Gasteiger partial charge >= 0.3 is 0 Å². The van der Waals surface area contributed by atoms with Crippen LogP contribution in [0.5, 0.6) is 0 Å². The quantitative estimate of drug-likeness (QED) is 0.822. The number of nitrogens with one attached hydrogen (secondary N) is 1. The number of carbonyl (C=O) groups excluding carboxylic acids is 1. The predicted octanol–water partition coefficient (Wildman–Crippen LogP) is 2.08. The highest BCUT2D eigenvalue weighted by atomic mass is 35.5. The first kappa shape index (κ1) is 18.9. The Kier molecular flexibility index (Phi) is 6.78. The van der Waals surface area contributed by atoms with Crippen LogP contribution in [0.2, 0.25) is 0 Å². The van der Waals surface area contributed by atoms with E-state index < -0.39 is 6.61 Å². The minimum absolute atomic E-state index is 0. The molecule has 0 aromatic heterocycles. The van der Waals surface area contributed by atoms with E-state index in [-0.39, 0.29) is 30.2 Å². The minimum atomic E-state index is -0.446. The second-order valence-corrected chi connectivity index (χ2v) is 6.51. The van der Waals surface area contributed by atoms with E-state index in [9.17, 15) is 9.18 Å². The van der Waals surface area contributed by atoms with Gasteiger partial charge in [-0.3, -0.25) is 9.69 Å². The van der Waals surface area contributed by atoms with Crippen molar-refractivity contribution in [1.29, 1.82) is 0 Å². The lowest BCUT2D eigenvalue weighted by atomic mass is 9.98. The highest BCUT2D eigenvalue weighted by Crippen LogP contribution is 2.41. The highest BCUT2D eigenvalue weighted by Gasteiger charge is 2.42. The second kappa shape index (κ2) is 8.60. The van der Waals surface area contributed by atoms with Crippen LogP contribution in [0.15, 0.2) is 30.3 Å². The number of carbonyl (C=O) groups is 1. The molecule has 0 spiro atoms. The van der Waals surface area contributed by atoms with Crippen LogP contribution < -0.4 is 5.32 Å². The standard InChI is InChI=1S/C18H23FN2O2.ClH/c19-15-7-3-13(4-8-15)2-1-9-21-10-16(14-5-6-14)17(11-21)20-18(23)12-22;/h1-4,7-8,14,16-17,22H,5-6,9-12H2,(H,20,23);1H/t16-,17+;/m1./s1. The SMILES string of the molecule is Cl.O=C(CO)N[C@H]1CN(CC=Cc2ccc(F)cc2)C[C@@H]1C1CC1. The van der Waals surface area contributed by atoms with Gasteiger partial charge in [-0.25, -0.2) is 4.39 Å². The van der Waals surface area contributed by atoms with Gasteiger partial charge < -0.3 is 10.4 Å². The molecule has 1 aromatic carbocycles. The van der Waals surface area contributed by atoms with E-state index in [2.05, 4.69) is 16.3 Å². The van der Waals surface area contributed by atoms with Gasteiger partial charge in [-0.05, 0) is 42.4 Å². The number of aliphatic hydroxyl groups is 1. The van der Waals surface area contributed by atoms with Gasteiger partial charge in [0.15, 0.2) is 0 Å². The topological polar surface area (TPSA) is 52.6 Å². The van der Waals surface area contributed by atoms with E-state index in [0.717, 1.165) is 25.2 Å². The lowest BCUT2D eigenvalue weighted by molar-refractivity contribution is -0.124. The van der Waals surface area contributed by atoms with Crippen LogP contribution in [0.25, 0.3) is 6.08 Å². The Morgan fingerprint density at radius 3 is 2.62 bits per heavy atom. The van der Waals surface area contributed by atoms with Crippen LogP contribution in [0.1, 0.15) is 18.4 Å². The van der Waals surface area contributed by atoms with E-state index in [4.69, 9.17) is 5.11 Å². The van der Waals surface area contributed by atoms with E-state index in [0.29, 0.717) is 11.8 Å².